The second kappa shape index (κ2) is 6.73. The summed E-state index contributed by atoms with van der Waals surface area (Å²) in [5.74, 6) is 1.47. The first kappa shape index (κ1) is 15.9. The monoisotopic (exact) mass is 340 g/mol. The predicted octanol–water partition coefficient (Wildman–Crippen LogP) is 0.897. The maximum absolute atomic E-state index is 12.5. The first-order chi connectivity index (χ1) is 12.2. The van der Waals surface area contributed by atoms with E-state index in [9.17, 15) is 4.79 Å². The van der Waals surface area contributed by atoms with Crippen molar-refractivity contribution in [1.29, 1.82) is 0 Å². The van der Waals surface area contributed by atoms with Gasteiger partial charge in [-0.1, -0.05) is 12.1 Å². The molecule has 0 spiro atoms. The smallest absolute Gasteiger partial charge is 0.261 e. The number of hydrogen-bond donors (Lipinski definition) is 1. The fourth-order valence-electron chi connectivity index (χ4n) is 3.08. The molecule has 4 rings (SSSR count). The zero-order valence-electron chi connectivity index (χ0n) is 14.1. The van der Waals surface area contributed by atoms with Crippen molar-refractivity contribution in [2.24, 2.45) is 0 Å². The van der Waals surface area contributed by atoms with Gasteiger partial charge in [0.1, 0.15) is 11.9 Å². The lowest BCUT2D eigenvalue weighted by Gasteiger charge is -2.31. The highest BCUT2D eigenvalue weighted by molar-refractivity contribution is 5.76. The summed E-state index contributed by atoms with van der Waals surface area (Å²) in [4.78, 5) is 23.5. The molecular formula is C17H20N6O2. The number of nitrogens with one attached hydrogen (secondary N) is 1. The summed E-state index contributed by atoms with van der Waals surface area (Å²) in [6.07, 6.45) is 1.49. The molecule has 2 aromatic heterocycles. The lowest BCUT2D eigenvalue weighted by molar-refractivity contribution is -0.0351. The minimum Gasteiger partial charge on any atom is -0.367 e. The number of para-hydroxylation sites is 1. The van der Waals surface area contributed by atoms with Gasteiger partial charge in [0.25, 0.3) is 5.56 Å². The molecule has 0 saturated carbocycles. The van der Waals surface area contributed by atoms with E-state index in [0.717, 1.165) is 24.4 Å². The third kappa shape index (κ3) is 3.31. The van der Waals surface area contributed by atoms with Gasteiger partial charge in [0.15, 0.2) is 5.82 Å². The van der Waals surface area contributed by atoms with E-state index in [1.54, 1.807) is 10.9 Å². The number of fused-ring (bicyclic) bond motifs is 1. The van der Waals surface area contributed by atoms with E-state index >= 15 is 0 Å². The number of hydrogen-bond acceptors (Lipinski definition) is 6. The fraction of sp³-hybridized carbons (Fsp3) is 0.412. The standard InChI is InChI=1S/C17H20N6O2/c1-12-19-16(21-20-12)15-10-22(8-9-25-15)6-7-23-11-18-14-5-3-2-4-13(14)17(23)24/h2-5,11,15H,6-10H2,1H3,(H,19,20,21). The highest BCUT2D eigenvalue weighted by Crippen LogP contribution is 2.18. The Morgan fingerprint density at radius 1 is 1.32 bits per heavy atom. The Morgan fingerprint density at radius 3 is 3.04 bits per heavy atom. The predicted molar refractivity (Wildman–Crippen MR) is 92.3 cm³/mol. The van der Waals surface area contributed by atoms with Gasteiger partial charge in [0.05, 0.1) is 23.8 Å². The number of rotatable bonds is 4. The molecule has 0 aliphatic carbocycles. The third-order valence-electron chi connectivity index (χ3n) is 4.44. The normalized spacial score (nSPS) is 18.7. The van der Waals surface area contributed by atoms with Crippen LogP contribution in [0.1, 0.15) is 17.8 Å². The molecular weight excluding hydrogens is 320 g/mol. The Kier molecular flexibility index (Phi) is 4.29. The van der Waals surface area contributed by atoms with E-state index in [1.807, 2.05) is 31.2 Å². The van der Waals surface area contributed by atoms with E-state index < -0.39 is 0 Å². The Hall–Kier alpha value is -2.58. The molecule has 8 nitrogen and oxygen atoms in total. The van der Waals surface area contributed by atoms with Gasteiger partial charge >= 0.3 is 0 Å². The van der Waals surface area contributed by atoms with Crippen LogP contribution in [0.25, 0.3) is 10.9 Å². The van der Waals surface area contributed by atoms with Crippen molar-refractivity contribution < 1.29 is 4.74 Å². The third-order valence-corrected chi connectivity index (χ3v) is 4.44. The first-order valence-corrected chi connectivity index (χ1v) is 8.38. The van der Waals surface area contributed by atoms with Crippen LogP contribution in [0.5, 0.6) is 0 Å². The second-order valence-corrected chi connectivity index (χ2v) is 6.20. The molecule has 0 radical (unpaired) electrons. The average Bonchev–Trinajstić information content (AvgIpc) is 3.08. The summed E-state index contributed by atoms with van der Waals surface area (Å²) >= 11 is 0. The van der Waals surface area contributed by atoms with Gasteiger partial charge in [-0.25, -0.2) is 9.97 Å². The largest absolute Gasteiger partial charge is 0.367 e. The highest BCUT2D eigenvalue weighted by Gasteiger charge is 2.24. The molecule has 1 N–H and O–H groups in total. The van der Waals surface area contributed by atoms with Crippen molar-refractivity contribution in [2.75, 3.05) is 26.2 Å². The summed E-state index contributed by atoms with van der Waals surface area (Å²) in [6.45, 7) is 5.39. The molecule has 1 unspecified atom stereocenters. The molecule has 1 aliphatic heterocycles. The summed E-state index contributed by atoms with van der Waals surface area (Å²) in [5, 5.41) is 7.69. The lowest BCUT2D eigenvalue weighted by atomic mass is 10.2. The van der Waals surface area contributed by atoms with E-state index in [0.29, 0.717) is 30.9 Å². The second-order valence-electron chi connectivity index (χ2n) is 6.20. The molecule has 3 aromatic rings. The molecule has 8 heteroatoms. The van der Waals surface area contributed by atoms with Crippen molar-refractivity contribution in [3.05, 3.63) is 52.6 Å². The average molecular weight is 340 g/mol. The summed E-state index contributed by atoms with van der Waals surface area (Å²) in [7, 11) is 0. The SMILES string of the molecule is Cc1nc(C2CN(CCn3cnc4ccccc4c3=O)CCO2)n[nH]1. The molecule has 130 valence electrons. The molecule has 1 fully saturated rings. The van der Waals surface area contributed by atoms with E-state index in [1.165, 1.54) is 0 Å². The van der Waals surface area contributed by atoms with Crippen LogP contribution in [0.15, 0.2) is 35.4 Å². The maximum atomic E-state index is 12.5. The molecule has 1 aliphatic rings. The number of ether oxygens (including phenoxy) is 1. The van der Waals surface area contributed by atoms with Crippen LogP contribution in [0, 0.1) is 6.92 Å². The van der Waals surface area contributed by atoms with Crippen LogP contribution in [0.3, 0.4) is 0 Å². The number of benzene rings is 1. The quantitative estimate of drug-likeness (QED) is 0.759. The zero-order chi connectivity index (χ0) is 17.2. The van der Waals surface area contributed by atoms with Crippen molar-refractivity contribution >= 4 is 10.9 Å². The van der Waals surface area contributed by atoms with E-state index in [4.69, 9.17) is 4.74 Å². The lowest BCUT2D eigenvalue weighted by Crippen LogP contribution is -2.41. The molecule has 0 bridgehead atoms. The van der Waals surface area contributed by atoms with Gasteiger partial charge in [-0.3, -0.25) is 19.4 Å². The molecule has 25 heavy (non-hydrogen) atoms. The molecule has 1 aromatic carbocycles. The fourth-order valence-corrected chi connectivity index (χ4v) is 3.08. The van der Waals surface area contributed by atoms with Crippen molar-refractivity contribution in [1.82, 2.24) is 29.6 Å². The van der Waals surface area contributed by atoms with Gasteiger partial charge in [-0.15, -0.1) is 0 Å². The van der Waals surface area contributed by atoms with Crippen molar-refractivity contribution in [2.45, 2.75) is 19.6 Å². The minimum absolute atomic E-state index is 0.00000199. The van der Waals surface area contributed by atoms with Gasteiger partial charge in [0, 0.05) is 26.2 Å². The number of H-pyrrole nitrogens is 1. The van der Waals surface area contributed by atoms with Crippen LogP contribution in [-0.4, -0.2) is 55.9 Å². The van der Waals surface area contributed by atoms with Crippen LogP contribution in [-0.2, 0) is 11.3 Å². The Balaban J connectivity index is 1.44. The van der Waals surface area contributed by atoms with E-state index in [-0.39, 0.29) is 11.7 Å². The van der Waals surface area contributed by atoms with Crippen LogP contribution < -0.4 is 5.56 Å². The number of aromatic nitrogens is 5. The van der Waals surface area contributed by atoms with Crippen LogP contribution in [0.4, 0.5) is 0 Å². The molecule has 0 amide bonds. The highest BCUT2D eigenvalue weighted by atomic mass is 16.5. The van der Waals surface area contributed by atoms with Crippen LogP contribution >= 0.6 is 0 Å². The molecule has 1 atom stereocenters. The Morgan fingerprint density at radius 2 is 2.20 bits per heavy atom. The minimum atomic E-state index is -0.134. The summed E-state index contributed by atoms with van der Waals surface area (Å²) in [5.41, 5.74) is 0.732. The molecule has 3 heterocycles. The van der Waals surface area contributed by atoms with Gasteiger partial charge < -0.3 is 4.74 Å². The number of aromatic amines is 1. The maximum Gasteiger partial charge on any atom is 0.261 e. The van der Waals surface area contributed by atoms with Gasteiger partial charge in [0.2, 0.25) is 0 Å². The molecule has 1 saturated heterocycles. The van der Waals surface area contributed by atoms with E-state index in [2.05, 4.69) is 25.1 Å². The van der Waals surface area contributed by atoms with Crippen molar-refractivity contribution in [3.63, 3.8) is 0 Å². The van der Waals surface area contributed by atoms with Gasteiger partial charge in [-0.2, -0.15) is 5.10 Å². The number of nitrogens with zero attached hydrogens (tertiary/aromatic N) is 5. The van der Waals surface area contributed by atoms with Crippen LogP contribution in [0.2, 0.25) is 0 Å². The Bertz CT molecular complexity index is 934. The summed E-state index contributed by atoms with van der Waals surface area (Å²) in [6, 6.07) is 7.42. The van der Waals surface area contributed by atoms with Crippen molar-refractivity contribution in [3.8, 4) is 0 Å². The zero-order valence-corrected chi connectivity index (χ0v) is 14.1. The first-order valence-electron chi connectivity index (χ1n) is 8.38. The Labute approximate surface area is 144 Å². The number of aryl methyl sites for hydroxylation is 1. The van der Waals surface area contributed by atoms with Gasteiger partial charge in [-0.05, 0) is 19.1 Å². The topological polar surface area (TPSA) is 88.9 Å². The summed E-state index contributed by atoms with van der Waals surface area (Å²) < 4.78 is 7.44. The number of morpholine rings is 1.